The summed E-state index contributed by atoms with van der Waals surface area (Å²) in [5, 5.41) is 14.9. The lowest BCUT2D eigenvalue weighted by atomic mass is 9.93. The molecule has 0 amide bonds. The molecule has 12 aromatic rings. The van der Waals surface area contributed by atoms with Gasteiger partial charge < -0.3 is 9.47 Å². The number of benzene rings is 11. The number of rotatable bonds is 5. The fourth-order valence-electron chi connectivity index (χ4n) is 9.47. The molecule has 0 saturated heterocycles. The highest BCUT2D eigenvalue weighted by atomic mass is 15.1. The van der Waals surface area contributed by atoms with Crippen LogP contribution in [-0.2, 0) is 0 Å². The molecule has 58 heavy (non-hydrogen) atoms. The zero-order chi connectivity index (χ0) is 38.2. The van der Waals surface area contributed by atoms with Crippen molar-refractivity contribution in [1.82, 2.24) is 4.57 Å². The maximum Gasteiger partial charge on any atom is 0.0640 e. The van der Waals surface area contributed by atoms with Crippen LogP contribution in [0.4, 0.5) is 17.1 Å². The Bertz CT molecular complexity index is 3530. The summed E-state index contributed by atoms with van der Waals surface area (Å²) in [6.45, 7) is 0. The number of aromatic nitrogens is 1. The minimum atomic E-state index is 1.11. The van der Waals surface area contributed by atoms with Crippen molar-refractivity contribution in [3.8, 4) is 16.8 Å². The van der Waals surface area contributed by atoms with E-state index in [1.807, 2.05) is 0 Å². The van der Waals surface area contributed by atoms with Crippen molar-refractivity contribution in [1.29, 1.82) is 0 Å². The zero-order valence-electron chi connectivity index (χ0n) is 31.7. The Labute approximate surface area is 336 Å². The number of anilines is 3. The van der Waals surface area contributed by atoms with Crippen LogP contribution >= 0.6 is 0 Å². The summed E-state index contributed by atoms with van der Waals surface area (Å²) in [6, 6.07) is 80.2. The highest BCUT2D eigenvalue weighted by molar-refractivity contribution is 6.27. The number of hydrogen-bond donors (Lipinski definition) is 0. The van der Waals surface area contributed by atoms with E-state index in [1.54, 1.807) is 0 Å². The maximum atomic E-state index is 2.51. The first kappa shape index (κ1) is 32.6. The summed E-state index contributed by atoms with van der Waals surface area (Å²) in [6.07, 6.45) is 0. The fourth-order valence-corrected chi connectivity index (χ4v) is 9.47. The second-order valence-electron chi connectivity index (χ2n) is 15.3. The van der Waals surface area contributed by atoms with E-state index in [2.05, 4.69) is 228 Å². The van der Waals surface area contributed by atoms with E-state index in [4.69, 9.17) is 0 Å². The normalized spacial score (nSPS) is 11.8. The second-order valence-corrected chi connectivity index (χ2v) is 15.3. The highest BCUT2D eigenvalue weighted by Crippen LogP contribution is 2.48. The van der Waals surface area contributed by atoms with Gasteiger partial charge in [0.2, 0.25) is 0 Å². The van der Waals surface area contributed by atoms with Gasteiger partial charge in [0.1, 0.15) is 0 Å². The molecule has 270 valence electrons. The van der Waals surface area contributed by atoms with Gasteiger partial charge in [0, 0.05) is 33.2 Å². The maximum absolute atomic E-state index is 2.51. The Hall–Kier alpha value is -7.68. The molecule has 1 aromatic heterocycles. The van der Waals surface area contributed by atoms with Crippen LogP contribution in [0, 0.1) is 0 Å². The van der Waals surface area contributed by atoms with Crippen molar-refractivity contribution in [3.63, 3.8) is 0 Å². The lowest BCUT2D eigenvalue weighted by Gasteiger charge is -2.28. The second kappa shape index (κ2) is 12.9. The van der Waals surface area contributed by atoms with Gasteiger partial charge >= 0.3 is 0 Å². The lowest BCUT2D eigenvalue weighted by molar-refractivity contribution is 1.19. The van der Waals surface area contributed by atoms with Crippen molar-refractivity contribution in [3.05, 3.63) is 218 Å². The predicted octanol–water partition coefficient (Wildman–Crippen LogP) is 15.7. The molecule has 0 radical (unpaired) electrons. The Morgan fingerprint density at radius 2 is 0.879 bits per heavy atom. The van der Waals surface area contributed by atoms with Gasteiger partial charge in [0.15, 0.2) is 0 Å². The molecular weight excluding hydrogens is 701 g/mol. The molecule has 1 heterocycles. The van der Waals surface area contributed by atoms with Gasteiger partial charge in [-0.1, -0.05) is 170 Å². The average Bonchev–Trinajstić information content (AvgIpc) is 3.65. The number of fused-ring (bicyclic) bond motifs is 12. The van der Waals surface area contributed by atoms with Crippen LogP contribution < -0.4 is 4.90 Å². The van der Waals surface area contributed by atoms with Crippen molar-refractivity contribution >= 4 is 92.7 Å². The molecule has 2 heteroatoms. The van der Waals surface area contributed by atoms with Crippen LogP contribution in [-0.4, -0.2) is 4.57 Å². The number of para-hydroxylation sites is 1. The van der Waals surface area contributed by atoms with Gasteiger partial charge in [0.25, 0.3) is 0 Å². The summed E-state index contributed by atoms with van der Waals surface area (Å²) < 4.78 is 2.51. The molecule has 0 fully saturated rings. The van der Waals surface area contributed by atoms with Gasteiger partial charge in [-0.2, -0.15) is 0 Å². The third kappa shape index (κ3) is 4.99. The summed E-state index contributed by atoms with van der Waals surface area (Å²) in [5.41, 5.74) is 9.26. The standard InChI is InChI=1S/C56H36N2/c1-3-15-37(16-4-1)40-28-31-51-53(34-40)58(43-29-27-38-17-7-8-18-39(38)33-43)56-45-22-10-9-19-41(45)35-54(55(51)56)57(42-20-5-2-6-21-42)44-30-32-50-48-25-12-11-23-46(48)47-24-13-14-26-49(47)52(50)36-44/h1-36H. The first-order valence-electron chi connectivity index (χ1n) is 20.0. The summed E-state index contributed by atoms with van der Waals surface area (Å²) in [4.78, 5) is 2.48. The Kier molecular flexibility index (Phi) is 7.26. The molecule has 12 rings (SSSR count). The van der Waals surface area contributed by atoms with E-state index in [9.17, 15) is 0 Å². The van der Waals surface area contributed by atoms with E-state index >= 15 is 0 Å². The Morgan fingerprint density at radius 3 is 1.60 bits per heavy atom. The first-order valence-corrected chi connectivity index (χ1v) is 20.0. The third-order valence-electron chi connectivity index (χ3n) is 12.1. The zero-order valence-corrected chi connectivity index (χ0v) is 31.7. The van der Waals surface area contributed by atoms with Crippen LogP contribution in [0.3, 0.4) is 0 Å². The molecule has 0 bridgehead atoms. The molecular formula is C56H36N2. The molecule has 2 nitrogen and oxygen atoms in total. The van der Waals surface area contributed by atoms with Gasteiger partial charge in [-0.3, -0.25) is 0 Å². The molecule has 0 saturated carbocycles. The van der Waals surface area contributed by atoms with Crippen molar-refractivity contribution in [2.45, 2.75) is 0 Å². The Balaban J connectivity index is 1.23. The monoisotopic (exact) mass is 736 g/mol. The van der Waals surface area contributed by atoms with Crippen molar-refractivity contribution in [2.24, 2.45) is 0 Å². The lowest BCUT2D eigenvalue weighted by Crippen LogP contribution is -2.10. The van der Waals surface area contributed by atoms with Crippen molar-refractivity contribution < 1.29 is 0 Å². The minimum Gasteiger partial charge on any atom is -0.310 e. The van der Waals surface area contributed by atoms with Gasteiger partial charge in [-0.05, 0) is 108 Å². The Morgan fingerprint density at radius 1 is 0.310 bits per heavy atom. The minimum absolute atomic E-state index is 1.11. The molecule has 0 aliphatic rings. The van der Waals surface area contributed by atoms with Crippen LogP contribution in [0.25, 0.3) is 92.5 Å². The molecule has 0 unspecified atom stereocenters. The largest absolute Gasteiger partial charge is 0.310 e. The highest BCUT2D eigenvalue weighted by Gasteiger charge is 2.24. The van der Waals surface area contributed by atoms with Crippen LogP contribution in [0.5, 0.6) is 0 Å². The topological polar surface area (TPSA) is 8.17 Å². The van der Waals surface area contributed by atoms with Gasteiger partial charge in [-0.25, -0.2) is 0 Å². The third-order valence-corrected chi connectivity index (χ3v) is 12.1. The molecule has 0 spiro atoms. The molecule has 0 atom stereocenters. The molecule has 0 N–H and O–H groups in total. The van der Waals surface area contributed by atoms with E-state index < -0.39 is 0 Å². The quantitative estimate of drug-likeness (QED) is 0.160. The summed E-state index contributed by atoms with van der Waals surface area (Å²) in [5.74, 6) is 0. The predicted molar refractivity (Wildman–Crippen MR) is 248 cm³/mol. The SMILES string of the molecule is c1ccc(-c2ccc3c4c(N(c5ccccc5)c5ccc6c7ccccc7c7ccccc7c6c5)cc5ccccc5c4n(-c4ccc5ccccc5c4)c3c2)cc1. The summed E-state index contributed by atoms with van der Waals surface area (Å²) >= 11 is 0. The average molecular weight is 737 g/mol. The van der Waals surface area contributed by atoms with Crippen LogP contribution in [0.1, 0.15) is 0 Å². The van der Waals surface area contributed by atoms with E-state index in [0.717, 1.165) is 22.7 Å². The number of hydrogen-bond acceptors (Lipinski definition) is 1. The molecule has 0 aliphatic carbocycles. The summed E-state index contributed by atoms with van der Waals surface area (Å²) in [7, 11) is 0. The fraction of sp³-hybridized carbons (Fsp3) is 0. The van der Waals surface area contributed by atoms with E-state index in [0.29, 0.717) is 0 Å². The van der Waals surface area contributed by atoms with E-state index in [1.165, 1.54) is 86.8 Å². The van der Waals surface area contributed by atoms with Gasteiger partial charge in [0.05, 0.1) is 16.7 Å². The molecule has 0 aliphatic heterocycles. The van der Waals surface area contributed by atoms with Gasteiger partial charge in [-0.15, -0.1) is 0 Å². The van der Waals surface area contributed by atoms with Crippen LogP contribution in [0.15, 0.2) is 218 Å². The van der Waals surface area contributed by atoms with Crippen LogP contribution in [0.2, 0.25) is 0 Å². The number of nitrogens with zero attached hydrogens (tertiary/aromatic N) is 2. The molecule has 11 aromatic carbocycles. The first-order chi connectivity index (χ1) is 28.8. The van der Waals surface area contributed by atoms with Crippen molar-refractivity contribution in [2.75, 3.05) is 4.90 Å². The smallest absolute Gasteiger partial charge is 0.0640 e. The van der Waals surface area contributed by atoms with E-state index in [-0.39, 0.29) is 0 Å².